The van der Waals surface area contributed by atoms with Crippen LogP contribution in [-0.2, 0) is 4.79 Å². The number of aromatic nitrogens is 2. The molecule has 1 amide bonds. The van der Waals surface area contributed by atoms with Crippen LogP contribution in [0.1, 0.15) is 23.6 Å². The Morgan fingerprint density at radius 2 is 1.93 bits per heavy atom. The summed E-state index contributed by atoms with van der Waals surface area (Å²) in [5.41, 5.74) is 2.69. The Hall–Kier alpha value is -2.93. The lowest BCUT2D eigenvalue weighted by molar-refractivity contribution is -0.116. The molecular weight excluding hydrogens is 374 g/mol. The minimum Gasteiger partial charge on any atom is -0.497 e. The molecule has 6 nitrogen and oxygen atoms in total. The first-order valence-electron chi connectivity index (χ1n) is 8.88. The van der Waals surface area contributed by atoms with Crippen molar-refractivity contribution in [3.8, 4) is 17.2 Å². The van der Waals surface area contributed by atoms with Crippen molar-refractivity contribution in [2.45, 2.75) is 17.2 Å². The molecule has 7 heteroatoms. The van der Waals surface area contributed by atoms with E-state index >= 15 is 0 Å². The molecule has 1 N–H and O–H groups in total. The lowest BCUT2D eigenvalue weighted by Gasteiger charge is -2.24. The molecule has 1 aliphatic heterocycles. The largest absolute Gasteiger partial charge is 0.497 e. The monoisotopic (exact) mass is 395 g/mol. The van der Waals surface area contributed by atoms with Crippen molar-refractivity contribution < 1.29 is 14.3 Å². The normalized spacial score (nSPS) is 15.7. The molecule has 28 heavy (non-hydrogen) atoms. The highest BCUT2D eigenvalue weighted by Gasteiger charge is 2.31. The second-order valence-corrected chi connectivity index (χ2v) is 7.34. The predicted octanol–water partition coefficient (Wildman–Crippen LogP) is 4.09. The smallest absolute Gasteiger partial charge is 0.226 e. The quantitative estimate of drug-likeness (QED) is 0.660. The molecule has 1 unspecified atom stereocenters. The van der Waals surface area contributed by atoms with Crippen LogP contribution in [0.15, 0.2) is 53.7 Å². The van der Waals surface area contributed by atoms with Gasteiger partial charge in [0.1, 0.15) is 23.6 Å². The molecular formula is C21H21N3O3S. The van der Waals surface area contributed by atoms with Gasteiger partial charge in [0.2, 0.25) is 5.91 Å². The van der Waals surface area contributed by atoms with Crippen LogP contribution in [0, 0.1) is 0 Å². The van der Waals surface area contributed by atoms with Crippen LogP contribution in [0.25, 0.3) is 5.69 Å². The molecule has 0 spiro atoms. The van der Waals surface area contributed by atoms with Gasteiger partial charge in [-0.25, -0.2) is 4.98 Å². The number of amides is 1. The molecule has 0 aliphatic carbocycles. The minimum absolute atomic E-state index is 0.0324. The summed E-state index contributed by atoms with van der Waals surface area (Å²) in [5.74, 6) is 1.92. The molecule has 1 aromatic heterocycles. The van der Waals surface area contributed by atoms with Crippen LogP contribution in [0.2, 0.25) is 0 Å². The van der Waals surface area contributed by atoms with Gasteiger partial charge in [-0.15, -0.1) is 11.8 Å². The van der Waals surface area contributed by atoms with Gasteiger partial charge in [-0.1, -0.05) is 12.1 Å². The predicted molar refractivity (Wildman–Crippen MR) is 110 cm³/mol. The number of hydrogen-bond acceptors (Lipinski definition) is 5. The third kappa shape index (κ3) is 3.22. The molecule has 1 aliphatic rings. The number of anilines is 1. The fourth-order valence-corrected chi connectivity index (χ4v) is 3.89. The number of imidazole rings is 1. The number of nitrogens with zero attached hydrogens (tertiary/aromatic N) is 2. The van der Waals surface area contributed by atoms with E-state index in [1.54, 1.807) is 32.3 Å². The summed E-state index contributed by atoms with van der Waals surface area (Å²) in [4.78, 5) is 18.3. The molecule has 0 saturated carbocycles. The van der Waals surface area contributed by atoms with Gasteiger partial charge in [0.15, 0.2) is 0 Å². The Morgan fingerprint density at radius 3 is 2.61 bits per heavy atom. The van der Waals surface area contributed by atoms with Crippen LogP contribution < -0.4 is 14.8 Å². The van der Waals surface area contributed by atoms with Gasteiger partial charge in [0.05, 0.1) is 25.6 Å². The highest BCUT2D eigenvalue weighted by molar-refractivity contribution is 7.98. The molecule has 4 rings (SSSR count). The summed E-state index contributed by atoms with van der Waals surface area (Å²) in [6.07, 6.45) is 4.14. The van der Waals surface area contributed by atoms with Gasteiger partial charge >= 0.3 is 0 Å². The van der Waals surface area contributed by atoms with Gasteiger partial charge in [-0.2, -0.15) is 0 Å². The van der Waals surface area contributed by atoms with Gasteiger partial charge in [-0.05, 0) is 36.1 Å². The first kappa shape index (κ1) is 18.4. The first-order valence-corrected chi connectivity index (χ1v) is 10.1. The van der Waals surface area contributed by atoms with Gasteiger partial charge < -0.3 is 14.8 Å². The summed E-state index contributed by atoms with van der Waals surface area (Å²) in [7, 11) is 3.23. The van der Waals surface area contributed by atoms with E-state index in [0.29, 0.717) is 23.7 Å². The summed E-state index contributed by atoms with van der Waals surface area (Å²) >= 11 is 1.69. The first-order chi connectivity index (χ1) is 13.6. The van der Waals surface area contributed by atoms with Crippen molar-refractivity contribution in [2.75, 3.05) is 25.8 Å². The topological polar surface area (TPSA) is 65.4 Å². The van der Waals surface area contributed by atoms with Gasteiger partial charge in [-0.3, -0.25) is 9.36 Å². The van der Waals surface area contributed by atoms with Crippen molar-refractivity contribution in [2.24, 2.45) is 0 Å². The van der Waals surface area contributed by atoms with Crippen molar-refractivity contribution >= 4 is 23.5 Å². The minimum atomic E-state index is -0.0856. The van der Waals surface area contributed by atoms with Crippen molar-refractivity contribution in [3.05, 3.63) is 60.0 Å². The average Bonchev–Trinajstić information content (AvgIpc) is 3.16. The maximum absolute atomic E-state index is 12.5. The number of benzene rings is 2. The number of carbonyl (C=O) groups excluding carboxylic acids is 1. The Morgan fingerprint density at radius 1 is 1.14 bits per heavy atom. The van der Waals surface area contributed by atoms with Crippen molar-refractivity contribution in [1.82, 2.24) is 9.55 Å². The lowest BCUT2D eigenvalue weighted by atomic mass is 9.90. The number of thioether (sulfide) groups is 1. The van der Waals surface area contributed by atoms with Gasteiger partial charge in [0, 0.05) is 23.3 Å². The number of hydrogen-bond donors (Lipinski definition) is 1. The van der Waals surface area contributed by atoms with Crippen LogP contribution in [0.3, 0.4) is 0 Å². The fraction of sp³-hybridized carbons (Fsp3) is 0.238. The number of rotatable bonds is 5. The Bertz CT molecular complexity index is 1010. The summed E-state index contributed by atoms with van der Waals surface area (Å²) in [6.45, 7) is 0. The molecule has 1 atom stereocenters. The van der Waals surface area contributed by atoms with E-state index in [0.717, 1.165) is 16.9 Å². The molecule has 0 radical (unpaired) electrons. The lowest BCUT2D eigenvalue weighted by Crippen LogP contribution is -2.25. The second-order valence-electron chi connectivity index (χ2n) is 6.46. The fourth-order valence-electron chi connectivity index (χ4n) is 3.49. The van der Waals surface area contributed by atoms with E-state index < -0.39 is 0 Å². The van der Waals surface area contributed by atoms with Crippen LogP contribution in [-0.4, -0.2) is 35.9 Å². The highest BCUT2D eigenvalue weighted by Crippen LogP contribution is 2.39. The third-order valence-corrected chi connectivity index (χ3v) is 5.68. The van der Waals surface area contributed by atoms with E-state index in [2.05, 4.69) is 34.6 Å². The van der Waals surface area contributed by atoms with E-state index in [1.807, 2.05) is 29.0 Å². The summed E-state index contributed by atoms with van der Waals surface area (Å²) < 4.78 is 12.7. The SMILES string of the molecule is COc1ccc(OC)c(-n2cnc3c2NC(=O)CC3c2ccc(SC)cc2)c1. The maximum atomic E-state index is 12.5. The van der Waals surface area contributed by atoms with E-state index in [9.17, 15) is 4.79 Å². The summed E-state index contributed by atoms with van der Waals surface area (Å²) in [5, 5.41) is 2.98. The second kappa shape index (κ2) is 7.59. The highest BCUT2D eigenvalue weighted by atomic mass is 32.2. The zero-order valence-corrected chi connectivity index (χ0v) is 16.7. The molecule has 0 bridgehead atoms. The van der Waals surface area contributed by atoms with Crippen LogP contribution in [0.5, 0.6) is 11.5 Å². The molecule has 0 saturated heterocycles. The number of ether oxygens (including phenoxy) is 2. The van der Waals surface area contributed by atoms with E-state index in [4.69, 9.17) is 9.47 Å². The molecule has 144 valence electrons. The Kier molecular flexibility index (Phi) is 5.00. The number of carbonyl (C=O) groups is 1. The zero-order chi connectivity index (χ0) is 19.7. The van der Waals surface area contributed by atoms with Crippen molar-refractivity contribution in [1.29, 1.82) is 0 Å². The van der Waals surface area contributed by atoms with E-state index in [-0.39, 0.29) is 11.8 Å². The van der Waals surface area contributed by atoms with Crippen LogP contribution >= 0.6 is 11.8 Å². The maximum Gasteiger partial charge on any atom is 0.226 e. The number of nitrogens with one attached hydrogen (secondary N) is 1. The Balaban J connectivity index is 1.81. The van der Waals surface area contributed by atoms with E-state index in [1.165, 1.54) is 4.90 Å². The van der Waals surface area contributed by atoms with Crippen LogP contribution in [0.4, 0.5) is 5.82 Å². The summed E-state index contributed by atoms with van der Waals surface area (Å²) in [6, 6.07) is 13.8. The zero-order valence-electron chi connectivity index (χ0n) is 15.9. The molecule has 3 aromatic rings. The van der Waals surface area contributed by atoms with Gasteiger partial charge in [0.25, 0.3) is 0 Å². The molecule has 2 aromatic carbocycles. The average molecular weight is 395 g/mol. The van der Waals surface area contributed by atoms with Crippen molar-refractivity contribution in [3.63, 3.8) is 0 Å². The number of methoxy groups -OCH3 is 2. The third-order valence-electron chi connectivity index (χ3n) is 4.94. The Labute approximate surface area is 167 Å². The molecule has 0 fully saturated rings. The molecule has 2 heterocycles. The number of fused-ring (bicyclic) bond motifs is 1. The standard InChI is InChI=1S/C21H21N3O3S/c1-26-14-6-9-18(27-2)17(10-14)24-12-22-20-16(11-19(25)23-21(20)24)13-4-7-15(28-3)8-5-13/h4-10,12,16H,11H2,1-3H3,(H,23,25).